The Kier molecular flexibility index (Phi) is 4.72. The van der Waals surface area contributed by atoms with Crippen molar-refractivity contribution in [3.63, 3.8) is 0 Å². The molecular formula is C17H19N5OS2. The molecular weight excluding hydrogens is 354 g/mol. The van der Waals surface area contributed by atoms with Crippen molar-refractivity contribution in [1.82, 2.24) is 24.7 Å². The van der Waals surface area contributed by atoms with Crippen LogP contribution in [-0.4, -0.2) is 49.5 Å². The lowest BCUT2D eigenvalue weighted by molar-refractivity contribution is -0.129. The van der Waals surface area contributed by atoms with Crippen LogP contribution in [0.25, 0.3) is 16.3 Å². The third-order valence-corrected chi connectivity index (χ3v) is 6.15. The molecule has 0 unspecified atom stereocenters. The summed E-state index contributed by atoms with van der Waals surface area (Å²) in [6, 6.07) is 7.91. The highest BCUT2D eigenvalue weighted by Gasteiger charge is 2.17. The van der Waals surface area contributed by atoms with Gasteiger partial charge < -0.3 is 4.90 Å². The van der Waals surface area contributed by atoms with Gasteiger partial charge in [-0.15, -0.1) is 21.5 Å². The van der Waals surface area contributed by atoms with E-state index in [2.05, 4.69) is 28.3 Å². The SMILES string of the molecule is Cc1ccc(-c2nnc3ccc(SCC(=O)N4CCCCC4)nn23)s1. The van der Waals surface area contributed by atoms with E-state index in [0.29, 0.717) is 11.4 Å². The maximum atomic E-state index is 12.3. The van der Waals surface area contributed by atoms with Crippen LogP contribution in [0.1, 0.15) is 24.1 Å². The van der Waals surface area contributed by atoms with Crippen LogP contribution in [-0.2, 0) is 4.79 Å². The minimum atomic E-state index is 0.199. The fraction of sp³-hybridized carbons (Fsp3) is 0.412. The molecule has 1 aliphatic rings. The Balaban J connectivity index is 1.51. The van der Waals surface area contributed by atoms with Crippen molar-refractivity contribution >= 4 is 34.7 Å². The standard InChI is InChI=1S/C17H19N5OS2/c1-12-5-6-13(25-12)17-19-18-14-7-8-15(20-22(14)17)24-11-16(23)21-9-3-2-4-10-21/h5-8H,2-4,9-11H2,1H3. The lowest BCUT2D eigenvalue weighted by Crippen LogP contribution is -2.36. The zero-order valence-electron chi connectivity index (χ0n) is 14.0. The van der Waals surface area contributed by atoms with Gasteiger partial charge in [0, 0.05) is 18.0 Å². The van der Waals surface area contributed by atoms with Gasteiger partial charge in [0.15, 0.2) is 11.5 Å². The molecule has 0 bridgehead atoms. The summed E-state index contributed by atoms with van der Waals surface area (Å²) in [5, 5.41) is 13.9. The van der Waals surface area contributed by atoms with Crippen molar-refractivity contribution in [3.05, 3.63) is 29.1 Å². The molecule has 1 amide bonds. The monoisotopic (exact) mass is 373 g/mol. The number of aromatic nitrogens is 4. The van der Waals surface area contributed by atoms with E-state index in [4.69, 9.17) is 0 Å². The summed E-state index contributed by atoms with van der Waals surface area (Å²) in [4.78, 5) is 16.6. The van der Waals surface area contributed by atoms with E-state index in [0.717, 1.165) is 41.7 Å². The second-order valence-electron chi connectivity index (χ2n) is 6.11. The average molecular weight is 374 g/mol. The highest BCUT2D eigenvalue weighted by atomic mass is 32.2. The Morgan fingerprint density at radius 1 is 1.16 bits per heavy atom. The van der Waals surface area contributed by atoms with Crippen LogP contribution in [0.4, 0.5) is 0 Å². The van der Waals surface area contributed by atoms with Crippen LogP contribution in [0.15, 0.2) is 29.3 Å². The Bertz CT molecular complexity index is 897. The topological polar surface area (TPSA) is 63.4 Å². The van der Waals surface area contributed by atoms with E-state index < -0.39 is 0 Å². The first kappa shape index (κ1) is 16.5. The van der Waals surface area contributed by atoms with Crippen LogP contribution in [0.3, 0.4) is 0 Å². The van der Waals surface area contributed by atoms with Gasteiger partial charge in [0.05, 0.1) is 10.6 Å². The van der Waals surface area contributed by atoms with Crippen molar-refractivity contribution in [2.75, 3.05) is 18.8 Å². The highest BCUT2D eigenvalue weighted by molar-refractivity contribution is 7.99. The highest BCUT2D eigenvalue weighted by Crippen LogP contribution is 2.27. The number of piperidine rings is 1. The van der Waals surface area contributed by atoms with Crippen LogP contribution in [0.5, 0.6) is 0 Å². The number of carbonyl (C=O) groups excluding carboxylic acids is 1. The molecule has 4 rings (SSSR count). The molecule has 6 nitrogen and oxygen atoms in total. The summed E-state index contributed by atoms with van der Waals surface area (Å²) in [6.45, 7) is 3.84. The first-order valence-electron chi connectivity index (χ1n) is 8.40. The summed E-state index contributed by atoms with van der Waals surface area (Å²) in [5.74, 6) is 1.37. The van der Waals surface area contributed by atoms with Gasteiger partial charge in [0.2, 0.25) is 5.91 Å². The molecule has 25 heavy (non-hydrogen) atoms. The van der Waals surface area contributed by atoms with E-state index in [1.54, 1.807) is 15.9 Å². The van der Waals surface area contributed by atoms with Gasteiger partial charge in [-0.3, -0.25) is 4.79 Å². The number of thiophene rings is 1. The molecule has 130 valence electrons. The van der Waals surface area contributed by atoms with Crippen LogP contribution in [0, 0.1) is 6.92 Å². The number of amides is 1. The van der Waals surface area contributed by atoms with Crippen molar-refractivity contribution in [2.45, 2.75) is 31.2 Å². The third kappa shape index (κ3) is 3.55. The maximum Gasteiger partial charge on any atom is 0.232 e. The maximum absolute atomic E-state index is 12.3. The fourth-order valence-electron chi connectivity index (χ4n) is 2.93. The van der Waals surface area contributed by atoms with Gasteiger partial charge in [0.25, 0.3) is 0 Å². The molecule has 1 saturated heterocycles. The number of hydrogen-bond acceptors (Lipinski definition) is 6. The number of aryl methyl sites for hydroxylation is 1. The summed E-state index contributed by atoms with van der Waals surface area (Å²) in [6.07, 6.45) is 3.46. The largest absolute Gasteiger partial charge is 0.342 e. The number of nitrogens with zero attached hydrogens (tertiary/aromatic N) is 5. The van der Waals surface area contributed by atoms with Gasteiger partial charge in [-0.25, -0.2) is 0 Å². The Labute approximate surface area is 154 Å². The van der Waals surface area contributed by atoms with Gasteiger partial charge >= 0.3 is 0 Å². The fourth-order valence-corrected chi connectivity index (χ4v) is 4.52. The number of hydrogen-bond donors (Lipinski definition) is 0. The van der Waals surface area contributed by atoms with Crippen molar-refractivity contribution in [2.24, 2.45) is 0 Å². The van der Waals surface area contributed by atoms with E-state index in [1.807, 2.05) is 23.1 Å². The molecule has 0 aromatic carbocycles. The van der Waals surface area contributed by atoms with Gasteiger partial charge in [-0.2, -0.15) is 9.61 Å². The van der Waals surface area contributed by atoms with Gasteiger partial charge in [-0.1, -0.05) is 11.8 Å². The Hall–Kier alpha value is -1.93. The predicted octanol–water partition coefficient (Wildman–Crippen LogP) is 3.27. The van der Waals surface area contributed by atoms with E-state index >= 15 is 0 Å². The Morgan fingerprint density at radius 3 is 2.76 bits per heavy atom. The molecule has 0 saturated carbocycles. The summed E-state index contributed by atoms with van der Waals surface area (Å²) < 4.78 is 1.76. The minimum absolute atomic E-state index is 0.199. The number of thioether (sulfide) groups is 1. The van der Waals surface area contributed by atoms with Crippen molar-refractivity contribution in [1.29, 1.82) is 0 Å². The minimum Gasteiger partial charge on any atom is -0.342 e. The number of carbonyl (C=O) groups is 1. The number of likely N-dealkylation sites (tertiary alicyclic amines) is 1. The first-order valence-corrected chi connectivity index (χ1v) is 10.2. The van der Waals surface area contributed by atoms with Gasteiger partial charge in [0.1, 0.15) is 5.03 Å². The van der Waals surface area contributed by atoms with Gasteiger partial charge in [-0.05, 0) is 50.5 Å². The van der Waals surface area contributed by atoms with Crippen molar-refractivity contribution < 1.29 is 4.79 Å². The molecule has 1 aliphatic heterocycles. The molecule has 0 atom stereocenters. The molecule has 3 aromatic rings. The smallest absolute Gasteiger partial charge is 0.232 e. The first-order chi connectivity index (χ1) is 12.2. The zero-order chi connectivity index (χ0) is 17.2. The molecule has 0 spiro atoms. The van der Waals surface area contributed by atoms with E-state index in [-0.39, 0.29) is 5.91 Å². The summed E-state index contributed by atoms with van der Waals surface area (Å²) in [7, 11) is 0. The molecule has 0 radical (unpaired) electrons. The molecule has 0 N–H and O–H groups in total. The van der Waals surface area contributed by atoms with Crippen LogP contribution in [0.2, 0.25) is 0 Å². The zero-order valence-corrected chi connectivity index (χ0v) is 15.6. The molecule has 3 aromatic heterocycles. The summed E-state index contributed by atoms with van der Waals surface area (Å²) >= 11 is 3.15. The Morgan fingerprint density at radius 2 is 2.00 bits per heavy atom. The predicted molar refractivity (Wildman–Crippen MR) is 100.0 cm³/mol. The van der Waals surface area contributed by atoms with Crippen molar-refractivity contribution in [3.8, 4) is 10.7 Å². The molecule has 4 heterocycles. The lowest BCUT2D eigenvalue weighted by Gasteiger charge is -2.26. The molecule has 1 fully saturated rings. The normalized spacial score (nSPS) is 15.0. The number of rotatable bonds is 4. The van der Waals surface area contributed by atoms with Crippen LogP contribution >= 0.6 is 23.1 Å². The average Bonchev–Trinajstić information content (AvgIpc) is 3.26. The summed E-state index contributed by atoms with van der Waals surface area (Å²) in [5.41, 5.74) is 0.716. The van der Waals surface area contributed by atoms with E-state index in [1.165, 1.54) is 23.1 Å². The molecule has 0 aliphatic carbocycles. The number of fused-ring (bicyclic) bond motifs is 1. The third-order valence-electron chi connectivity index (χ3n) is 4.25. The lowest BCUT2D eigenvalue weighted by atomic mass is 10.1. The second kappa shape index (κ2) is 7.13. The van der Waals surface area contributed by atoms with E-state index in [9.17, 15) is 4.79 Å². The quantitative estimate of drug-likeness (QED) is 0.657. The second-order valence-corrected chi connectivity index (χ2v) is 8.39. The molecule has 8 heteroatoms. The van der Waals surface area contributed by atoms with Crippen LogP contribution < -0.4 is 0 Å².